The average Bonchev–Trinajstić information content (AvgIpc) is 2.75. The van der Waals surface area contributed by atoms with Crippen LogP contribution >= 0.6 is 0 Å². The van der Waals surface area contributed by atoms with Gasteiger partial charge >= 0.3 is 0 Å². The van der Waals surface area contributed by atoms with Gasteiger partial charge in [0.15, 0.2) is 5.76 Å². The maximum Gasteiger partial charge on any atom is 0.243 e. The Morgan fingerprint density at radius 3 is 2.75 bits per heavy atom. The van der Waals surface area contributed by atoms with Crippen molar-refractivity contribution in [2.45, 2.75) is 32.0 Å². The molecule has 1 aliphatic heterocycles. The Kier molecular flexibility index (Phi) is 2.21. The van der Waals surface area contributed by atoms with E-state index in [4.69, 9.17) is 14.6 Å². The largest absolute Gasteiger partial charge is 0.459 e. The second-order valence-corrected chi connectivity index (χ2v) is 3.41. The van der Waals surface area contributed by atoms with Gasteiger partial charge in [-0.1, -0.05) is 12.8 Å². The van der Waals surface area contributed by atoms with E-state index in [0.717, 1.165) is 0 Å². The predicted molar refractivity (Wildman–Crippen MR) is 43.1 cm³/mol. The van der Waals surface area contributed by atoms with Crippen LogP contribution in [0.5, 0.6) is 0 Å². The zero-order chi connectivity index (χ0) is 8.39. The van der Waals surface area contributed by atoms with Crippen LogP contribution in [-0.2, 0) is 9.47 Å². The number of aliphatic hydroxyl groups is 1. The van der Waals surface area contributed by atoms with Gasteiger partial charge in [-0.2, -0.15) is 0 Å². The first-order chi connectivity index (χ1) is 5.90. The van der Waals surface area contributed by atoms with Gasteiger partial charge in [0.25, 0.3) is 0 Å². The molecule has 0 radical (unpaired) electrons. The van der Waals surface area contributed by atoms with Crippen LogP contribution in [0.3, 0.4) is 0 Å². The fourth-order valence-electron chi connectivity index (χ4n) is 1.86. The molecule has 1 heterocycles. The first-order valence-electron chi connectivity index (χ1n) is 4.52. The van der Waals surface area contributed by atoms with E-state index in [1.54, 1.807) is 0 Å². The van der Waals surface area contributed by atoms with E-state index in [1.807, 2.05) is 0 Å². The summed E-state index contributed by atoms with van der Waals surface area (Å²) in [6, 6.07) is 0. The highest BCUT2D eigenvalue weighted by Crippen LogP contribution is 2.33. The van der Waals surface area contributed by atoms with E-state index >= 15 is 0 Å². The van der Waals surface area contributed by atoms with Gasteiger partial charge in [-0.25, -0.2) is 0 Å². The van der Waals surface area contributed by atoms with Crippen molar-refractivity contribution in [1.82, 2.24) is 0 Å². The van der Waals surface area contributed by atoms with Crippen molar-refractivity contribution < 1.29 is 14.6 Å². The van der Waals surface area contributed by atoms with Crippen molar-refractivity contribution in [3.8, 4) is 0 Å². The minimum atomic E-state index is -0.116. The fourth-order valence-corrected chi connectivity index (χ4v) is 1.86. The minimum absolute atomic E-state index is 0.0524. The van der Waals surface area contributed by atoms with Gasteiger partial charge in [-0.15, -0.1) is 0 Å². The quantitative estimate of drug-likeness (QED) is 0.680. The summed E-state index contributed by atoms with van der Waals surface area (Å²) in [5.74, 6) is 1.09. The van der Waals surface area contributed by atoms with Crippen LogP contribution < -0.4 is 0 Å². The molecule has 2 aliphatic rings. The Hall–Kier alpha value is -0.700. The molecule has 68 valence electrons. The third-order valence-electron chi connectivity index (χ3n) is 2.54. The van der Waals surface area contributed by atoms with E-state index in [-0.39, 0.29) is 12.9 Å². The highest BCUT2D eigenvalue weighted by molar-refractivity contribution is 4.93. The normalized spacial score (nSPS) is 29.8. The smallest absolute Gasteiger partial charge is 0.243 e. The molecule has 1 aliphatic carbocycles. The van der Waals surface area contributed by atoms with Gasteiger partial charge in [-0.3, -0.25) is 0 Å². The van der Waals surface area contributed by atoms with Crippen molar-refractivity contribution in [2.24, 2.45) is 5.92 Å². The molecule has 0 aromatic carbocycles. The van der Waals surface area contributed by atoms with Gasteiger partial charge < -0.3 is 14.6 Å². The highest BCUT2D eigenvalue weighted by Gasteiger charge is 2.30. The molecule has 1 fully saturated rings. The number of hydrogen-bond acceptors (Lipinski definition) is 3. The summed E-state index contributed by atoms with van der Waals surface area (Å²) < 4.78 is 10.7. The van der Waals surface area contributed by atoms with Crippen molar-refractivity contribution in [3.63, 3.8) is 0 Å². The number of hydrogen-bond donors (Lipinski definition) is 1. The lowest BCUT2D eigenvalue weighted by Crippen LogP contribution is -2.19. The summed E-state index contributed by atoms with van der Waals surface area (Å²) in [5, 5.41) is 8.75. The van der Waals surface area contributed by atoms with Crippen LogP contribution in [0.4, 0.5) is 0 Å². The molecule has 0 saturated heterocycles. The van der Waals surface area contributed by atoms with Gasteiger partial charge in [-0.05, 0) is 12.8 Å². The third kappa shape index (κ3) is 1.41. The molecular weight excluding hydrogens is 156 g/mol. The van der Waals surface area contributed by atoms with E-state index in [9.17, 15) is 0 Å². The number of rotatable bonds is 2. The van der Waals surface area contributed by atoms with Crippen LogP contribution in [0.25, 0.3) is 0 Å². The highest BCUT2D eigenvalue weighted by atomic mass is 16.7. The molecule has 1 unspecified atom stereocenters. The Morgan fingerprint density at radius 1 is 1.42 bits per heavy atom. The Labute approximate surface area is 72.0 Å². The Bertz CT molecular complexity index is 182. The summed E-state index contributed by atoms with van der Waals surface area (Å²) in [6.07, 6.45) is 6.36. The molecule has 12 heavy (non-hydrogen) atoms. The lowest BCUT2D eigenvalue weighted by Gasteiger charge is -2.17. The van der Waals surface area contributed by atoms with Crippen LogP contribution in [0.2, 0.25) is 0 Å². The van der Waals surface area contributed by atoms with Crippen LogP contribution in [0.1, 0.15) is 25.7 Å². The number of aliphatic hydroxyl groups excluding tert-OH is 1. The second kappa shape index (κ2) is 3.35. The summed E-state index contributed by atoms with van der Waals surface area (Å²) >= 11 is 0. The Balaban J connectivity index is 1.85. The third-order valence-corrected chi connectivity index (χ3v) is 2.54. The van der Waals surface area contributed by atoms with Crippen LogP contribution in [0, 0.1) is 5.92 Å². The molecule has 0 amide bonds. The standard InChI is InChI=1S/C9H14O3/c10-5-8-6-11-9(12-8)7-3-1-2-4-7/h6-7,9-10H,1-5H2. The molecule has 1 atom stereocenters. The molecule has 1 saturated carbocycles. The summed E-state index contributed by atoms with van der Waals surface area (Å²) in [5.41, 5.74) is 0. The Morgan fingerprint density at radius 2 is 2.17 bits per heavy atom. The van der Waals surface area contributed by atoms with Gasteiger partial charge in [0.1, 0.15) is 12.9 Å². The predicted octanol–water partition coefficient (Wildman–Crippen LogP) is 1.38. The zero-order valence-electron chi connectivity index (χ0n) is 7.03. The monoisotopic (exact) mass is 170 g/mol. The van der Waals surface area contributed by atoms with Gasteiger partial charge in [0.2, 0.25) is 6.29 Å². The summed E-state index contributed by atoms with van der Waals surface area (Å²) in [7, 11) is 0. The molecule has 0 bridgehead atoms. The SMILES string of the molecule is OCC1=COC(C2CCCC2)O1. The first-order valence-corrected chi connectivity index (χ1v) is 4.52. The van der Waals surface area contributed by atoms with Crippen molar-refractivity contribution >= 4 is 0 Å². The molecular formula is C9H14O3. The van der Waals surface area contributed by atoms with E-state index in [2.05, 4.69) is 0 Å². The van der Waals surface area contributed by atoms with Crippen molar-refractivity contribution in [3.05, 3.63) is 12.0 Å². The average molecular weight is 170 g/mol. The van der Waals surface area contributed by atoms with E-state index in [1.165, 1.54) is 31.9 Å². The van der Waals surface area contributed by atoms with Gasteiger partial charge in [0, 0.05) is 5.92 Å². The molecule has 2 rings (SSSR count). The first kappa shape index (κ1) is 7.92. The summed E-state index contributed by atoms with van der Waals surface area (Å²) in [4.78, 5) is 0. The van der Waals surface area contributed by atoms with Crippen LogP contribution in [0.15, 0.2) is 12.0 Å². The molecule has 3 nitrogen and oxygen atoms in total. The lowest BCUT2D eigenvalue weighted by atomic mass is 10.1. The maximum absolute atomic E-state index is 8.75. The lowest BCUT2D eigenvalue weighted by molar-refractivity contribution is -0.0762. The topological polar surface area (TPSA) is 38.7 Å². The van der Waals surface area contributed by atoms with Crippen LogP contribution in [-0.4, -0.2) is 18.0 Å². The summed E-state index contributed by atoms with van der Waals surface area (Å²) in [6.45, 7) is -0.0524. The zero-order valence-corrected chi connectivity index (χ0v) is 7.03. The minimum Gasteiger partial charge on any atom is -0.459 e. The van der Waals surface area contributed by atoms with E-state index in [0.29, 0.717) is 11.7 Å². The molecule has 0 spiro atoms. The molecule has 0 aromatic rings. The van der Waals surface area contributed by atoms with Crippen molar-refractivity contribution in [2.75, 3.05) is 6.61 Å². The molecule has 3 heteroatoms. The van der Waals surface area contributed by atoms with Gasteiger partial charge in [0.05, 0.1) is 0 Å². The maximum atomic E-state index is 8.75. The molecule has 0 aromatic heterocycles. The molecule has 1 N–H and O–H groups in total. The second-order valence-electron chi connectivity index (χ2n) is 3.41. The van der Waals surface area contributed by atoms with Crippen molar-refractivity contribution in [1.29, 1.82) is 0 Å². The van der Waals surface area contributed by atoms with E-state index < -0.39 is 0 Å². The number of ether oxygens (including phenoxy) is 2. The fraction of sp³-hybridized carbons (Fsp3) is 0.778.